The molecule has 0 bridgehead atoms. The average molecular weight is 714 g/mol. The van der Waals surface area contributed by atoms with Gasteiger partial charge >= 0.3 is 0 Å². The number of nitrogens with zero attached hydrogens (tertiary/aromatic N) is 5. The van der Waals surface area contributed by atoms with Gasteiger partial charge in [0.15, 0.2) is 11.0 Å². The molecule has 0 saturated carbocycles. The van der Waals surface area contributed by atoms with Crippen LogP contribution in [0.25, 0.3) is 11.4 Å². The lowest BCUT2D eigenvalue weighted by Crippen LogP contribution is -2.31. The molecule has 0 radical (unpaired) electrons. The number of anilines is 2. The number of nitrogens with one attached hydrogen (secondary N) is 1. The van der Waals surface area contributed by atoms with Crippen molar-refractivity contribution in [3.63, 3.8) is 0 Å². The number of hydrogen-bond donors (Lipinski definition) is 2. The maximum Gasteiger partial charge on any atom is 0.245 e. The highest BCUT2D eigenvalue weighted by molar-refractivity contribution is 8.00. The molecular weight excluding hydrogens is 671 g/mol. The van der Waals surface area contributed by atoms with Gasteiger partial charge in [-0.1, -0.05) is 75.9 Å². The molecule has 0 aliphatic carbocycles. The summed E-state index contributed by atoms with van der Waals surface area (Å²) in [4.78, 5) is 13.6. The number of sulfonamides is 2. The number of rotatable bonds is 15. The fourth-order valence-corrected chi connectivity index (χ4v) is 9.37. The Balaban J connectivity index is 1.67. The number of amides is 1. The first kappa shape index (κ1) is 37.1. The maximum absolute atomic E-state index is 13.4. The zero-order valence-corrected chi connectivity index (χ0v) is 30.5. The van der Waals surface area contributed by atoms with E-state index in [1.165, 1.54) is 32.5 Å². The lowest BCUT2D eigenvalue weighted by atomic mass is 10.2. The van der Waals surface area contributed by atoms with Gasteiger partial charge in [-0.15, -0.1) is 10.2 Å². The Kier molecular flexibility index (Phi) is 12.1. The van der Waals surface area contributed by atoms with E-state index >= 15 is 0 Å². The molecule has 0 spiro atoms. The summed E-state index contributed by atoms with van der Waals surface area (Å²) in [6, 6.07) is 19.2. The van der Waals surface area contributed by atoms with Gasteiger partial charge in [-0.2, -0.15) is 8.61 Å². The van der Waals surface area contributed by atoms with E-state index in [1.54, 1.807) is 65.8 Å². The van der Waals surface area contributed by atoms with E-state index in [0.29, 0.717) is 60.5 Å². The van der Waals surface area contributed by atoms with Crippen molar-refractivity contribution < 1.29 is 21.6 Å². The van der Waals surface area contributed by atoms with E-state index in [-0.39, 0.29) is 21.4 Å². The Morgan fingerprint density at radius 3 is 2.06 bits per heavy atom. The molecule has 3 aromatic carbocycles. The summed E-state index contributed by atoms with van der Waals surface area (Å²) in [6.07, 6.45) is 0. The van der Waals surface area contributed by atoms with Crippen molar-refractivity contribution in [2.75, 3.05) is 37.2 Å². The van der Waals surface area contributed by atoms with Crippen LogP contribution < -0.4 is 11.1 Å². The number of nitrogen functional groups attached to an aromatic ring is 1. The third-order valence-electron chi connectivity index (χ3n) is 7.93. The molecule has 1 unspecified atom stereocenters. The highest BCUT2D eigenvalue weighted by Gasteiger charge is 2.28. The predicted molar refractivity (Wildman–Crippen MR) is 191 cm³/mol. The van der Waals surface area contributed by atoms with Crippen LogP contribution in [-0.4, -0.2) is 77.5 Å². The second-order valence-electron chi connectivity index (χ2n) is 11.0. The van der Waals surface area contributed by atoms with Crippen molar-refractivity contribution in [2.24, 2.45) is 0 Å². The van der Waals surface area contributed by atoms with E-state index < -0.39 is 25.3 Å². The van der Waals surface area contributed by atoms with Crippen molar-refractivity contribution in [3.05, 3.63) is 77.9 Å². The number of benzene rings is 3. The molecule has 4 aromatic rings. The Morgan fingerprint density at radius 2 is 1.46 bits per heavy atom. The third-order valence-corrected chi connectivity index (χ3v) is 13.3. The van der Waals surface area contributed by atoms with Crippen LogP contribution in [0.2, 0.25) is 0 Å². The lowest BCUT2D eigenvalue weighted by Gasteiger charge is -2.20. The Bertz CT molecular complexity index is 1960. The van der Waals surface area contributed by atoms with E-state index in [0.717, 1.165) is 5.56 Å². The van der Waals surface area contributed by atoms with Gasteiger partial charge in [0, 0.05) is 37.4 Å². The Hall–Kier alpha value is -3.76. The summed E-state index contributed by atoms with van der Waals surface area (Å²) in [6.45, 7) is 12.1. The largest absolute Gasteiger partial charge is 0.398 e. The normalized spacial score (nSPS) is 12.8. The second kappa shape index (κ2) is 15.6. The Labute approximate surface area is 287 Å². The summed E-state index contributed by atoms with van der Waals surface area (Å²) >= 11 is 1.18. The standard InChI is InChI=1S/C33H43N7O5S3/c1-7-38(8-2)47(42,43)29-21-27(18-16-23(29)5)35-32(41)24(6)46-33-37-36-31(40(33)22-25-14-12-11-13-15-25)26-17-19-28(34)30(20-26)48(44,45)39(9-3)10-4/h11-21,24H,7-10,22,34H2,1-6H3,(H,35,41). The fraction of sp³-hybridized carbons (Fsp3) is 0.364. The van der Waals surface area contributed by atoms with Crippen LogP contribution in [0.1, 0.15) is 45.7 Å². The van der Waals surface area contributed by atoms with E-state index in [4.69, 9.17) is 5.73 Å². The van der Waals surface area contributed by atoms with Gasteiger partial charge < -0.3 is 11.1 Å². The summed E-state index contributed by atoms with van der Waals surface area (Å²) in [7, 11) is -7.59. The molecule has 258 valence electrons. The first-order valence-electron chi connectivity index (χ1n) is 15.7. The fourth-order valence-electron chi connectivity index (χ4n) is 5.21. The molecule has 1 atom stereocenters. The predicted octanol–water partition coefficient (Wildman–Crippen LogP) is 5.06. The number of carbonyl (C=O) groups excluding carboxylic acids is 1. The molecule has 12 nitrogen and oxygen atoms in total. The van der Waals surface area contributed by atoms with E-state index in [9.17, 15) is 21.6 Å². The zero-order chi connectivity index (χ0) is 35.2. The highest BCUT2D eigenvalue weighted by atomic mass is 32.2. The van der Waals surface area contributed by atoms with Gasteiger partial charge in [-0.05, 0) is 55.3 Å². The molecule has 48 heavy (non-hydrogen) atoms. The zero-order valence-electron chi connectivity index (χ0n) is 28.0. The highest BCUT2D eigenvalue weighted by Crippen LogP contribution is 2.32. The minimum atomic E-state index is -3.86. The van der Waals surface area contributed by atoms with E-state index in [1.807, 2.05) is 34.9 Å². The minimum Gasteiger partial charge on any atom is -0.398 e. The summed E-state index contributed by atoms with van der Waals surface area (Å²) in [5.41, 5.74) is 8.69. The topological polar surface area (TPSA) is 161 Å². The monoisotopic (exact) mass is 713 g/mol. The number of aromatic nitrogens is 3. The van der Waals surface area contributed by atoms with Gasteiger partial charge in [0.05, 0.1) is 22.4 Å². The molecule has 0 fully saturated rings. The molecule has 0 aliphatic heterocycles. The van der Waals surface area contributed by atoms with Crippen LogP contribution >= 0.6 is 11.8 Å². The first-order valence-corrected chi connectivity index (χ1v) is 19.5. The van der Waals surface area contributed by atoms with Crippen LogP contribution in [0.3, 0.4) is 0 Å². The molecule has 15 heteroatoms. The quantitative estimate of drug-likeness (QED) is 0.127. The van der Waals surface area contributed by atoms with Crippen molar-refractivity contribution in [3.8, 4) is 11.4 Å². The number of carbonyl (C=O) groups is 1. The van der Waals surface area contributed by atoms with Crippen LogP contribution in [0, 0.1) is 6.92 Å². The molecule has 1 aromatic heterocycles. The summed E-state index contributed by atoms with van der Waals surface area (Å²) in [5.74, 6) is 0.0562. The number of aryl methyl sites for hydroxylation is 1. The smallest absolute Gasteiger partial charge is 0.245 e. The van der Waals surface area contributed by atoms with Gasteiger partial charge in [0.1, 0.15) is 4.90 Å². The van der Waals surface area contributed by atoms with Gasteiger partial charge in [-0.3, -0.25) is 9.36 Å². The van der Waals surface area contributed by atoms with Crippen LogP contribution in [0.15, 0.2) is 81.7 Å². The van der Waals surface area contributed by atoms with Crippen LogP contribution in [-0.2, 0) is 31.4 Å². The molecule has 1 amide bonds. The second-order valence-corrected chi connectivity index (χ2v) is 16.2. The SMILES string of the molecule is CCN(CC)S(=O)(=O)c1cc(NC(=O)C(C)Sc2nnc(-c3ccc(N)c(S(=O)(=O)N(CC)CC)c3)n2Cc2ccccc2)ccc1C. The van der Waals surface area contributed by atoms with Gasteiger partial charge in [0.25, 0.3) is 0 Å². The van der Waals surface area contributed by atoms with Crippen molar-refractivity contribution in [1.82, 2.24) is 23.4 Å². The molecule has 0 aliphatic rings. The van der Waals surface area contributed by atoms with E-state index in [2.05, 4.69) is 15.5 Å². The third kappa shape index (κ3) is 7.92. The molecule has 3 N–H and O–H groups in total. The van der Waals surface area contributed by atoms with Gasteiger partial charge in [0.2, 0.25) is 26.0 Å². The number of hydrogen-bond acceptors (Lipinski definition) is 9. The summed E-state index contributed by atoms with van der Waals surface area (Å²) in [5, 5.41) is 11.5. The first-order chi connectivity index (χ1) is 22.8. The van der Waals surface area contributed by atoms with Crippen molar-refractivity contribution in [1.29, 1.82) is 0 Å². The number of thioether (sulfide) groups is 1. The van der Waals surface area contributed by atoms with Crippen LogP contribution in [0.4, 0.5) is 11.4 Å². The molecule has 4 rings (SSSR count). The van der Waals surface area contributed by atoms with Crippen LogP contribution in [0.5, 0.6) is 0 Å². The lowest BCUT2D eigenvalue weighted by molar-refractivity contribution is -0.115. The number of nitrogens with two attached hydrogens (primary N) is 1. The maximum atomic E-state index is 13.4. The molecular formula is C33H43N7O5S3. The molecule has 1 heterocycles. The minimum absolute atomic E-state index is 0.0135. The summed E-state index contributed by atoms with van der Waals surface area (Å²) < 4.78 is 57.9. The Morgan fingerprint density at radius 1 is 0.854 bits per heavy atom. The van der Waals surface area contributed by atoms with Gasteiger partial charge in [-0.25, -0.2) is 16.8 Å². The average Bonchev–Trinajstić information content (AvgIpc) is 3.44. The van der Waals surface area contributed by atoms with Crippen molar-refractivity contribution >= 4 is 49.1 Å². The van der Waals surface area contributed by atoms with Crippen molar-refractivity contribution in [2.45, 2.75) is 68.3 Å². The molecule has 0 saturated heterocycles.